The maximum absolute atomic E-state index is 13.1. The Morgan fingerprint density at radius 1 is 0.619 bits per heavy atom. The molecule has 0 aliphatic rings. The molecule has 0 aliphatic carbocycles. The Morgan fingerprint density at radius 2 is 1.10 bits per heavy atom. The molecule has 0 aromatic heterocycles. The van der Waals surface area contributed by atoms with E-state index < -0.39 is 9.84 Å². The van der Waals surface area contributed by atoms with Crippen molar-refractivity contribution in [1.29, 1.82) is 0 Å². The Hall–Kier alpha value is -1.61. The molecule has 112 valence electrons. The van der Waals surface area contributed by atoms with Crippen LogP contribution in [0.15, 0.2) is 34.1 Å². The molecule has 2 rings (SSSR count). The van der Waals surface area contributed by atoms with Crippen molar-refractivity contribution in [2.45, 2.75) is 51.3 Å². The number of hydrogen-bond acceptors (Lipinski definition) is 2. The second kappa shape index (κ2) is 5.30. The Balaban J connectivity index is 2.78. The van der Waals surface area contributed by atoms with E-state index in [4.69, 9.17) is 0 Å². The predicted molar refractivity (Wildman–Crippen MR) is 86.8 cm³/mol. The monoisotopic (exact) mass is 302 g/mol. The van der Waals surface area contributed by atoms with E-state index in [-0.39, 0.29) is 0 Å². The van der Waals surface area contributed by atoms with E-state index in [1.54, 1.807) is 6.07 Å². The van der Waals surface area contributed by atoms with Crippen molar-refractivity contribution in [3.8, 4) is 0 Å². The summed E-state index contributed by atoms with van der Waals surface area (Å²) < 4.78 is 26.1. The molecule has 0 saturated carbocycles. The number of aryl methyl sites for hydroxylation is 6. The molecule has 0 aliphatic heterocycles. The van der Waals surface area contributed by atoms with E-state index in [0.29, 0.717) is 9.79 Å². The minimum Gasteiger partial charge on any atom is -0.218 e. The highest BCUT2D eigenvalue weighted by Gasteiger charge is 2.24. The molecule has 0 bridgehead atoms. The zero-order valence-electron chi connectivity index (χ0n) is 13.5. The quantitative estimate of drug-likeness (QED) is 0.825. The lowest BCUT2D eigenvalue weighted by Gasteiger charge is -2.15. The summed E-state index contributed by atoms with van der Waals surface area (Å²) in [5.41, 5.74) is 5.62. The maximum atomic E-state index is 13.1. The molecule has 2 nitrogen and oxygen atoms in total. The van der Waals surface area contributed by atoms with E-state index in [1.165, 1.54) is 0 Å². The molecule has 21 heavy (non-hydrogen) atoms. The van der Waals surface area contributed by atoms with Gasteiger partial charge >= 0.3 is 0 Å². The third kappa shape index (κ3) is 2.75. The van der Waals surface area contributed by atoms with Gasteiger partial charge in [-0.15, -0.1) is 0 Å². The van der Waals surface area contributed by atoms with Crippen LogP contribution >= 0.6 is 0 Å². The van der Waals surface area contributed by atoms with Gasteiger partial charge in [0.25, 0.3) is 0 Å². The van der Waals surface area contributed by atoms with Gasteiger partial charge in [-0.05, 0) is 75.4 Å². The molecule has 2 aromatic rings. The van der Waals surface area contributed by atoms with Gasteiger partial charge in [0, 0.05) is 0 Å². The van der Waals surface area contributed by atoms with Gasteiger partial charge in [-0.3, -0.25) is 0 Å². The van der Waals surface area contributed by atoms with Crippen molar-refractivity contribution in [3.63, 3.8) is 0 Å². The van der Waals surface area contributed by atoms with Crippen LogP contribution in [0.3, 0.4) is 0 Å². The molecular formula is C18H22O2S. The van der Waals surface area contributed by atoms with Crippen molar-refractivity contribution in [3.05, 3.63) is 57.6 Å². The fraction of sp³-hybridized carbons (Fsp3) is 0.333. The van der Waals surface area contributed by atoms with Crippen molar-refractivity contribution < 1.29 is 8.42 Å². The van der Waals surface area contributed by atoms with Crippen LogP contribution in [0.25, 0.3) is 0 Å². The minimum absolute atomic E-state index is 0.417. The van der Waals surface area contributed by atoms with Crippen LogP contribution in [0.1, 0.15) is 33.4 Å². The summed E-state index contributed by atoms with van der Waals surface area (Å²) in [6, 6.07) is 7.59. The average Bonchev–Trinajstić information content (AvgIpc) is 2.31. The first-order valence-electron chi connectivity index (χ1n) is 7.05. The minimum atomic E-state index is -3.49. The molecule has 0 heterocycles. The number of rotatable bonds is 2. The average molecular weight is 302 g/mol. The topological polar surface area (TPSA) is 34.1 Å². The van der Waals surface area contributed by atoms with Crippen LogP contribution in [0.2, 0.25) is 0 Å². The number of benzene rings is 2. The van der Waals surface area contributed by atoms with E-state index in [9.17, 15) is 8.42 Å². The zero-order valence-corrected chi connectivity index (χ0v) is 14.4. The van der Waals surface area contributed by atoms with E-state index >= 15 is 0 Å². The van der Waals surface area contributed by atoms with Crippen LogP contribution in [0.5, 0.6) is 0 Å². The highest BCUT2D eigenvalue weighted by Crippen LogP contribution is 2.31. The van der Waals surface area contributed by atoms with E-state index in [2.05, 4.69) is 0 Å². The van der Waals surface area contributed by atoms with Crippen LogP contribution in [-0.2, 0) is 9.84 Å². The molecule has 0 saturated heterocycles. The van der Waals surface area contributed by atoms with Gasteiger partial charge in [0.15, 0.2) is 0 Å². The lowest BCUT2D eigenvalue weighted by atomic mass is 10.1. The van der Waals surface area contributed by atoms with Crippen molar-refractivity contribution in [2.75, 3.05) is 0 Å². The van der Waals surface area contributed by atoms with Crippen LogP contribution in [-0.4, -0.2) is 8.42 Å². The van der Waals surface area contributed by atoms with Crippen LogP contribution in [0.4, 0.5) is 0 Å². The highest BCUT2D eigenvalue weighted by molar-refractivity contribution is 7.91. The van der Waals surface area contributed by atoms with Gasteiger partial charge in [-0.25, -0.2) is 8.42 Å². The highest BCUT2D eigenvalue weighted by atomic mass is 32.2. The Kier molecular flexibility index (Phi) is 3.98. The first-order chi connectivity index (χ1) is 9.64. The zero-order chi connectivity index (χ0) is 15.9. The van der Waals surface area contributed by atoms with Gasteiger partial charge in [0.1, 0.15) is 0 Å². The summed E-state index contributed by atoms with van der Waals surface area (Å²) in [5, 5.41) is 0. The summed E-state index contributed by atoms with van der Waals surface area (Å²) in [6.07, 6.45) is 0. The van der Waals surface area contributed by atoms with E-state index in [0.717, 1.165) is 33.4 Å². The fourth-order valence-electron chi connectivity index (χ4n) is 2.92. The van der Waals surface area contributed by atoms with Gasteiger partial charge in [0.2, 0.25) is 9.84 Å². The summed E-state index contributed by atoms with van der Waals surface area (Å²) in [6.45, 7) is 11.5. The lowest BCUT2D eigenvalue weighted by molar-refractivity contribution is 0.594. The Bertz CT molecular complexity index is 792. The van der Waals surface area contributed by atoms with Gasteiger partial charge in [-0.1, -0.05) is 23.8 Å². The Labute approximate surface area is 127 Å². The first-order valence-corrected chi connectivity index (χ1v) is 8.53. The molecule has 0 amide bonds. The summed E-state index contributed by atoms with van der Waals surface area (Å²) in [4.78, 5) is 0.861. The van der Waals surface area contributed by atoms with Crippen molar-refractivity contribution in [1.82, 2.24) is 0 Å². The molecule has 3 heteroatoms. The maximum Gasteiger partial charge on any atom is 0.207 e. The summed E-state index contributed by atoms with van der Waals surface area (Å²) >= 11 is 0. The third-order valence-electron chi connectivity index (χ3n) is 3.95. The van der Waals surface area contributed by atoms with Crippen LogP contribution < -0.4 is 0 Å². The molecule has 0 atom stereocenters. The van der Waals surface area contributed by atoms with Gasteiger partial charge in [-0.2, -0.15) is 0 Å². The summed E-state index contributed by atoms with van der Waals surface area (Å²) in [7, 11) is -3.49. The van der Waals surface area contributed by atoms with Gasteiger partial charge in [0.05, 0.1) is 9.79 Å². The smallest absolute Gasteiger partial charge is 0.207 e. The van der Waals surface area contributed by atoms with Crippen LogP contribution in [0, 0.1) is 41.5 Å². The SMILES string of the molecule is Cc1cc(C)c(S(=O)(=O)c2cc(C)c(C)cc2C)c(C)c1. The molecule has 0 spiro atoms. The fourth-order valence-corrected chi connectivity index (χ4v) is 4.92. The normalized spacial score (nSPS) is 11.7. The molecule has 0 N–H and O–H groups in total. The summed E-state index contributed by atoms with van der Waals surface area (Å²) in [5.74, 6) is 0. The first kappa shape index (κ1) is 15.8. The molecule has 0 radical (unpaired) electrons. The largest absolute Gasteiger partial charge is 0.218 e. The van der Waals surface area contributed by atoms with Crippen molar-refractivity contribution >= 4 is 9.84 Å². The molecule has 0 unspecified atom stereocenters. The van der Waals surface area contributed by atoms with E-state index in [1.807, 2.05) is 59.7 Å². The second-order valence-corrected chi connectivity index (χ2v) is 7.79. The molecule has 2 aromatic carbocycles. The third-order valence-corrected chi connectivity index (χ3v) is 6.15. The molecular weight excluding hydrogens is 280 g/mol. The second-order valence-electron chi connectivity index (χ2n) is 5.93. The lowest BCUT2D eigenvalue weighted by Crippen LogP contribution is -2.09. The Morgan fingerprint density at radius 3 is 1.62 bits per heavy atom. The van der Waals surface area contributed by atoms with Gasteiger partial charge < -0.3 is 0 Å². The number of hydrogen-bond donors (Lipinski definition) is 0. The standard InChI is InChI=1S/C18H22O2S/c1-11-7-15(5)18(16(6)8-11)21(19,20)17-10-13(3)12(2)9-14(17)4/h7-10H,1-6H3. The van der Waals surface area contributed by atoms with Crippen molar-refractivity contribution in [2.24, 2.45) is 0 Å². The predicted octanol–water partition coefficient (Wildman–Crippen LogP) is 4.37. The number of sulfone groups is 1. The molecule has 0 fully saturated rings.